The first-order valence-corrected chi connectivity index (χ1v) is 32.8. The van der Waals surface area contributed by atoms with Crippen molar-refractivity contribution in [1.29, 1.82) is 0 Å². The van der Waals surface area contributed by atoms with Crippen LogP contribution < -0.4 is 42.4 Å². The molecule has 4 fully saturated rings. The van der Waals surface area contributed by atoms with E-state index < -0.39 is 42.6 Å². The van der Waals surface area contributed by atoms with Crippen LogP contribution in [-0.4, -0.2) is 49.0 Å². The number of Topliss-reactive ketones (excluding diaryl/α,β-unsaturated/α-hetero) is 2. The average molecular weight is 1250 g/mol. The number of carbonyl (C=O) groups is 2. The van der Waals surface area contributed by atoms with E-state index in [9.17, 15) is 35.5 Å². The Kier molecular flexibility index (Phi) is 18.3. The van der Waals surface area contributed by atoms with Gasteiger partial charge in [-0.05, 0) is 141 Å². The Labute approximate surface area is 455 Å². The Balaban J connectivity index is 0.000000180. The van der Waals surface area contributed by atoms with E-state index in [0.717, 1.165) is 12.8 Å². The molecule has 4 unspecified atom stereocenters. The molecule has 0 aromatic heterocycles. The van der Waals surface area contributed by atoms with Crippen molar-refractivity contribution in [3.63, 3.8) is 0 Å². The predicted molar refractivity (Wildman–Crippen MR) is 282 cm³/mol. The van der Waals surface area contributed by atoms with Crippen LogP contribution in [0.25, 0.3) is 0 Å². The molecule has 4 aromatic carbocycles. The minimum atomic E-state index is -4.33. The molecule has 0 amide bonds. The number of hydrogen-bond acceptors (Lipinski definition) is 8. The summed E-state index contributed by atoms with van der Waals surface area (Å²) in [6, 6.07) is 36.8. The third-order valence-electron chi connectivity index (χ3n) is 16.4. The number of halogens is 2. The highest BCUT2D eigenvalue weighted by atomic mass is 127. The summed E-state index contributed by atoms with van der Waals surface area (Å²) in [5.41, 5.74) is 4.18. The smallest absolute Gasteiger partial charge is 0.357 e. The van der Waals surface area contributed by atoms with E-state index in [1.807, 2.05) is 27.7 Å². The van der Waals surface area contributed by atoms with Crippen LogP contribution >= 0.6 is 0 Å². The van der Waals surface area contributed by atoms with Gasteiger partial charge in [0.2, 0.25) is 0 Å². The van der Waals surface area contributed by atoms with Gasteiger partial charge in [-0.2, -0.15) is 0 Å². The molecule has 8 nitrogen and oxygen atoms in total. The molecular formula is C60H82I2O8S2. The summed E-state index contributed by atoms with van der Waals surface area (Å²) in [6.07, 6.45) is 3.75. The Morgan fingerprint density at radius 3 is 0.778 bits per heavy atom. The third kappa shape index (κ3) is 14.5. The lowest BCUT2D eigenvalue weighted by Gasteiger charge is -2.37. The van der Waals surface area contributed by atoms with Gasteiger partial charge in [0.1, 0.15) is 11.6 Å². The molecule has 0 radical (unpaired) electrons. The number of ketones is 2. The van der Waals surface area contributed by atoms with Crippen LogP contribution in [0.2, 0.25) is 0 Å². The maximum Gasteiger partial charge on any atom is 0.357 e. The molecule has 0 heterocycles. The molecule has 4 aromatic rings. The second-order valence-corrected chi connectivity index (χ2v) is 34.8. The monoisotopic (exact) mass is 1250 g/mol. The molecule has 0 aliphatic heterocycles. The van der Waals surface area contributed by atoms with E-state index in [0.29, 0.717) is 25.7 Å². The number of benzene rings is 4. The van der Waals surface area contributed by atoms with Gasteiger partial charge in [0.15, 0.2) is 14.3 Å². The Morgan fingerprint density at radius 1 is 0.431 bits per heavy atom. The van der Waals surface area contributed by atoms with E-state index in [2.05, 4.69) is 180 Å². The van der Waals surface area contributed by atoms with Crippen molar-refractivity contribution in [3.8, 4) is 0 Å². The van der Waals surface area contributed by atoms with Gasteiger partial charge < -0.3 is 9.11 Å². The SMILES string of the molecule is CC(C)(C)c1ccc([I+]c2ccc(C(C)(C)C)cc2)cc1.CC(C)(C)c1ccc([I+]c2ccc(C(C)(C)C)cc2)cc1.CC1(C)C2CCC1(CS(=O)(=O)[O-])C(=O)C2.CC1(C)C2CCC1(CS(=O)(=O)[O-])C(=O)C2. The van der Waals surface area contributed by atoms with Gasteiger partial charge in [0, 0.05) is 23.7 Å². The fraction of sp³-hybridized carbons (Fsp3) is 0.567. The van der Waals surface area contributed by atoms with E-state index in [4.69, 9.17) is 0 Å². The molecule has 4 aliphatic rings. The van der Waals surface area contributed by atoms with Gasteiger partial charge in [-0.3, -0.25) is 9.59 Å². The fourth-order valence-corrected chi connectivity index (χ4v) is 18.0. The average Bonchev–Trinajstić information content (AvgIpc) is 3.76. The third-order valence-corrected chi connectivity index (χ3v) is 23.5. The summed E-state index contributed by atoms with van der Waals surface area (Å²) < 4.78 is 71.3. The van der Waals surface area contributed by atoms with Crippen LogP contribution in [0.1, 0.15) is 172 Å². The van der Waals surface area contributed by atoms with Crippen LogP contribution in [0, 0.1) is 47.8 Å². The Morgan fingerprint density at radius 2 is 0.639 bits per heavy atom. The van der Waals surface area contributed by atoms with Crippen LogP contribution in [0.5, 0.6) is 0 Å². The van der Waals surface area contributed by atoms with Crippen molar-refractivity contribution in [2.75, 3.05) is 11.5 Å². The second kappa shape index (κ2) is 21.9. The standard InChI is InChI=1S/2C20H26I.2C10H16O4S/c2*1-19(2,3)15-7-11-17(12-8-15)21-18-13-9-16(10-14-18)20(4,5)6;2*1-9(2)7-3-4-10(9,8(11)5-7)6-15(12,13)14/h2*7-14H,1-6H3;2*7H,3-6H2,1-2H3,(H,12,13,14)/q2*+1;;/p-2. The number of carbonyl (C=O) groups excluding carboxylic acids is 2. The zero-order valence-corrected chi connectivity index (χ0v) is 51.8. The molecular weight excluding hydrogens is 1170 g/mol. The van der Waals surface area contributed by atoms with Crippen LogP contribution in [0.3, 0.4) is 0 Å². The quantitative estimate of drug-likeness (QED) is 0.140. The van der Waals surface area contributed by atoms with Crippen LogP contribution in [-0.2, 0) is 51.5 Å². The maximum atomic E-state index is 11.8. The lowest BCUT2D eigenvalue weighted by atomic mass is 9.70. The highest BCUT2D eigenvalue weighted by Gasteiger charge is 2.65. The summed E-state index contributed by atoms with van der Waals surface area (Å²) in [6.45, 7) is 34.9. The van der Waals surface area contributed by atoms with Crippen molar-refractivity contribution < 1.29 is 77.9 Å². The molecule has 4 aliphatic carbocycles. The molecule has 0 spiro atoms. The fourth-order valence-electron chi connectivity index (χ4n) is 11.1. The number of rotatable bonds is 8. The molecule has 12 heteroatoms. The Bertz CT molecular complexity index is 2450. The first kappa shape index (κ1) is 60.4. The topological polar surface area (TPSA) is 149 Å². The van der Waals surface area contributed by atoms with Gasteiger partial charge in [-0.15, -0.1) is 0 Å². The lowest BCUT2D eigenvalue weighted by Crippen LogP contribution is -3.61. The Hall–Kier alpha value is -2.50. The van der Waals surface area contributed by atoms with Gasteiger partial charge in [-0.25, -0.2) is 16.8 Å². The van der Waals surface area contributed by atoms with Crippen molar-refractivity contribution in [3.05, 3.63) is 134 Å². The van der Waals surface area contributed by atoms with E-state index >= 15 is 0 Å². The normalized spacial score (nSPS) is 23.4. The largest absolute Gasteiger partial charge is 0.748 e. The first-order chi connectivity index (χ1) is 32.7. The van der Waals surface area contributed by atoms with Crippen LogP contribution in [0.4, 0.5) is 0 Å². The zero-order valence-electron chi connectivity index (χ0n) is 45.9. The summed E-state index contributed by atoms with van der Waals surface area (Å²) in [4.78, 5) is 23.7. The van der Waals surface area contributed by atoms with Crippen molar-refractivity contribution in [1.82, 2.24) is 0 Å². The summed E-state index contributed by atoms with van der Waals surface area (Å²) >= 11 is -0.141. The minimum Gasteiger partial charge on any atom is -0.748 e. The molecule has 4 atom stereocenters. The van der Waals surface area contributed by atoms with E-state index in [1.54, 1.807) is 0 Å². The van der Waals surface area contributed by atoms with Crippen molar-refractivity contribution >= 4 is 31.8 Å². The van der Waals surface area contributed by atoms with Crippen LogP contribution in [0.15, 0.2) is 97.1 Å². The van der Waals surface area contributed by atoms with Crippen molar-refractivity contribution in [2.45, 2.75) is 171 Å². The van der Waals surface area contributed by atoms with Crippen molar-refractivity contribution in [2.24, 2.45) is 33.5 Å². The van der Waals surface area contributed by atoms with Gasteiger partial charge in [0.05, 0.1) is 31.7 Å². The van der Waals surface area contributed by atoms with E-state index in [-0.39, 0.29) is 98.3 Å². The highest BCUT2D eigenvalue weighted by Crippen LogP contribution is 2.65. The first-order valence-electron chi connectivity index (χ1n) is 25.4. The summed E-state index contributed by atoms with van der Waals surface area (Å²) in [5.74, 6) is -0.560. The highest BCUT2D eigenvalue weighted by molar-refractivity contribution is 7.86. The molecule has 4 saturated carbocycles. The zero-order chi connectivity index (χ0) is 54.3. The van der Waals surface area contributed by atoms with E-state index in [1.165, 1.54) is 36.5 Å². The number of hydrogen-bond donors (Lipinski definition) is 0. The number of fused-ring (bicyclic) bond motifs is 4. The predicted octanol–water partition coefficient (Wildman–Crippen LogP) is 6.67. The maximum absolute atomic E-state index is 11.8. The summed E-state index contributed by atoms with van der Waals surface area (Å²) in [7, 11) is -8.65. The molecule has 4 bridgehead atoms. The molecule has 8 rings (SSSR count). The molecule has 0 saturated heterocycles. The van der Waals surface area contributed by atoms with Gasteiger partial charge in [-0.1, -0.05) is 159 Å². The minimum absolute atomic E-state index is 0.0248. The second-order valence-electron chi connectivity index (χ2n) is 26.0. The molecule has 0 N–H and O–H groups in total. The molecule has 72 heavy (non-hydrogen) atoms. The lowest BCUT2D eigenvalue weighted by molar-refractivity contribution is -0.597. The summed E-state index contributed by atoms with van der Waals surface area (Å²) in [5, 5.41) is 0. The molecule has 396 valence electrons. The van der Waals surface area contributed by atoms with Gasteiger partial charge >= 0.3 is 42.4 Å². The van der Waals surface area contributed by atoms with Gasteiger partial charge in [0.25, 0.3) is 0 Å².